The van der Waals surface area contributed by atoms with Crippen molar-refractivity contribution in [2.45, 2.75) is 38.8 Å². The van der Waals surface area contributed by atoms with Gasteiger partial charge in [0.05, 0.1) is 25.8 Å². The van der Waals surface area contributed by atoms with E-state index < -0.39 is 0 Å². The molecule has 1 aliphatic rings. The van der Waals surface area contributed by atoms with Crippen molar-refractivity contribution < 1.29 is 9.47 Å². The van der Waals surface area contributed by atoms with E-state index in [1.54, 1.807) is 0 Å². The molecule has 5 heteroatoms. The fraction of sp³-hybridized carbons (Fsp3) is 0.381. The molecule has 0 fully saturated rings. The van der Waals surface area contributed by atoms with Crippen LogP contribution in [0.1, 0.15) is 43.4 Å². The minimum atomic E-state index is 0.132. The van der Waals surface area contributed by atoms with E-state index in [2.05, 4.69) is 23.3 Å². The van der Waals surface area contributed by atoms with Crippen LogP contribution < -0.4 is 20.5 Å². The number of ether oxygens (including phenoxy) is 2. The number of hydrogen-bond acceptors (Lipinski definition) is 3. The van der Waals surface area contributed by atoms with Crippen LogP contribution in [0.4, 0.5) is 0 Å². The van der Waals surface area contributed by atoms with Gasteiger partial charge in [-0.25, -0.2) is 4.99 Å². The molecule has 1 atom stereocenters. The van der Waals surface area contributed by atoms with Crippen molar-refractivity contribution in [2.75, 3.05) is 13.2 Å². The van der Waals surface area contributed by atoms with Crippen molar-refractivity contribution in [3.63, 3.8) is 0 Å². The maximum atomic E-state index is 6.11. The topological polar surface area (TPSA) is 68.9 Å². The van der Waals surface area contributed by atoms with Gasteiger partial charge in [-0.15, -0.1) is 0 Å². The van der Waals surface area contributed by atoms with Crippen molar-refractivity contribution in [2.24, 2.45) is 10.7 Å². The molecule has 1 unspecified atom stereocenters. The molecule has 0 aromatic heterocycles. The molecule has 2 aromatic carbocycles. The van der Waals surface area contributed by atoms with Crippen LogP contribution in [-0.4, -0.2) is 19.2 Å². The lowest BCUT2D eigenvalue weighted by molar-refractivity contribution is 0.262. The molecule has 3 N–H and O–H groups in total. The van der Waals surface area contributed by atoms with Crippen LogP contribution in [0.15, 0.2) is 53.5 Å². The van der Waals surface area contributed by atoms with E-state index in [0.717, 1.165) is 48.5 Å². The van der Waals surface area contributed by atoms with Gasteiger partial charge in [-0.3, -0.25) is 0 Å². The monoisotopic (exact) mass is 353 g/mol. The summed E-state index contributed by atoms with van der Waals surface area (Å²) in [6.07, 6.45) is 3.06. The Labute approximate surface area is 155 Å². The zero-order chi connectivity index (χ0) is 18.2. The lowest BCUT2D eigenvalue weighted by Crippen LogP contribution is -2.37. The summed E-state index contributed by atoms with van der Waals surface area (Å²) in [5, 5.41) is 3.32. The van der Waals surface area contributed by atoms with E-state index in [1.165, 1.54) is 0 Å². The smallest absolute Gasteiger partial charge is 0.189 e. The fourth-order valence-electron chi connectivity index (χ4n) is 2.96. The van der Waals surface area contributed by atoms with E-state index in [1.807, 2.05) is 42.5 Å². The number of nitrogens with two attached hydrogens (primary N) is 1. The van der Waals surface area contributed by atoms with E-state index >= 15 is 0 Å². The predicted octanol–water partition coefficient (Wildman–Crippen LogP) is 3.79. The molecule has 0 amide bonds. The Morgan fingerprint density at radius 1 is 1.27 bits per heavy atom. The Morgan fingerprint density at radius 3 is 3.04 bits per heavy atom. The third-order valence-electron chi connectivity index (χ3n) is 4.38. The summed E-state index contributed by atoms with van der Waals surface area (Å²) >= 11 is 0. The summed E-state index contributed by atoms with van der Waals surface area (Å²) in [4.78, 5) is 4.49. The van der Waals surface area contributed by atoms with Crippen molar-refractivity contribution in [3.05, 3.63) is 59.7 Å². The number of aliphatic imine (C=N–C) groups is 1. The standard InChI is InChI=1S/C21H27N3O2/c1-2-3-12-25-17-8-6-7-16(14-17)15-23-21(22)24-19-11-13-26-20-10-5-4-9-18(19)20/h4-10,14,19H,2-3,11-13,15H2,1H3,(H3,22,23,24). The van der Waals surface area contributed by atoms with E-state index in [9.17, 15) is 0 Å². The van der Waals surface area contributed by atoms with Crippen molar-refractivity contribution in [1.29, 1.82) is 0 Å². The quantitative estimate of drug-likeness (QED) is 0.451. The normalized spacial score (nSPS) is 16.5. The number of hydrogen-bond donors (Lipinski definition) is 2. The molecule has 5 nitrogen and oxygen atoms in total. The van der Waals surface area contributed by atoms with E-state index in [-0.39, 0.29) is 6.04 Å². The first-order valence-electron chi connectivity index (χ1n) is 9.26. The van der Waals surface area contributed by atoms with Gasteiger partial charge in [0.15, 0.2) is 5.96 Å². The Hall–Kier alpha value is -2.69. The number of benzene rings is 2. The Morgan fingerprint density at radius 2 is 2.15 bits per heavy atom. The van der Waals surface area contributed by atoms with Gasteiger partial charge in [0.1, 0.15) is 11.5 Å². The van der Waals surface area contributed by atoms with Gasteiger partial charge in [-0.1, -0.05) is 43.7 Å². The number of fused-ring (bicyclic) bond motifs is 1. The highest BCUT2D eigenvalue weighted by atomic mass is 16.5. The van der Waals surface area contributed by atoms with Crippen molar-refractivity contribution in [1.82, 2.24) is 5.32 Å². The van der Waals surface area contributed by atoms with Gasteiger partial charge in [0.2, 0.25) is 0 Å². The lowest BCUT2D eigenvalue weighted by Gasteiger charge is -2.26. The average Bonchev–Trinajstić information content (AvgIpc) is 2.67. The molecule has 0 bridgehead atoms. The van der Waals surface area contributed by atoms with Gasteiger partial charge in [-0.05, 0) is 30.2 Å². The van der Waals surface area contributed by atoms with Gasteiger partial charge in [0, 0.05) is 12.0 Å². The molecule has 26 heavy (non-hydrogen) atoms. The molecular weight excluding hydrogens is 326 g/mol. The van der Waals surface area contributed by atoms with Crippen LogP contribution in [0, 0.1) is 0 Å². The summed E-state index contributed by atoms with van der Waals surface area (Å²) in [7, 11) is 0. The van der Waals surface area contributed by atoms with Crippen LogP contribution in [0.25, 0.3) is 0 Å². The van der Waals surface area contributed by atoms with Crippen LogP contribution in [-0.2, 0) is 6.54 Å². The minimum Gasteiger partial charge on any atom is -0.494 e. The molecule has 2 aromatic rings. The SMILES string of the molecule is CCCCOc1cccc(CN=C(N)NC2CCOc3ccccc32)c1. The van der Waals surface area contributed by atoms with Gasteiger partial charge >= 0.3 is 0 Å². The molecule has 0 spiro atoms. The van der Waals surface area contributed by atoms with Crippen LogP contribution >= 0.6 is 0 Å². The molecule has 1 heterocycles. The number of guanidine groups is 1. The molecule has 0 radical (unpaired) electrons. The fourth-order valence-corrected chi connectivity index (χ4v) is 2.96. The van der Waals surface area contributed by atoms with Crippen molar-refractivity contribution >= 4 is 5.96 Å². The average molecular weight is 353 g/mol. The van der Waals surface area contributed by atoms with Crippen molar-refractivity contribution in [3.8, 4) is 11.5 Å². The van der Waals surface area contributed by atoms with Gasteiger partial charge < -0.3 is 20.5 Å². The summed E-state index contributed by atoms with van der Waals surface area (Å²) in [5.74, 6) is 2.25. The zero-order valence-corrected chi connectivity index (χ0v) is 15.3. The first-order chi connectivity index (χ1) is 12.8. The van der Waals surface area contributed by atoms with Gasteiger partial charge in [-0.2, -0.15) is 0 Å². The highest BCUT2D eigenvalue weighted by Gasteiger charge is 2.21. The molecule has 1 aliphatic heterocycles. The summed E-state index contributed by atoms with van der Waals surface area (Å²) in [5.41, 5.74) is 8.32. The molecule has 3 rings (SSSR count). The zero-order valence-electron chi connectivity index (χ0n) is 15.3. The predicted molar refractivity (Wildman–Crippen MR) is 105 cm³/mol. The number of nitrogens with one attached hydrogen (secondary N) is 1. The van der Waals surface area contributed by atoms with Crippen LogP contribution in [0.5, 0.6) is 11.5 Å². The highest BCUT2D eigenvalue weighted by Crippen LogP contribution is 2.31. The number of unbranched alkanes of at least 4 members (excludes halogenated alkanes) is 1. The van der Waals surface area contributed by atoms with Gasteiger partial charge in [0.25, 0.3) is 0 Å². The van der Waals surface area contributed by atoms with Crippen LogP contribution in [0.3, 0.4) is 0 Å². The first-order valence-corrected chi connectivity index (χ1v) is 9.26. The van der Waals surface area contributed by atoms with E-state index in [0.29, 0.717) is 19.1 Å². The third kappa shape index (κ3) is 4.91. The minimum absolute atomic E-state index is 0.132. The molecule has 0 aliphatic carbocycles. The molecule has 0 saturated heterocycles. The Kier molecular flexibility index (Phi) is 6.36. The second-order valence-electron chi connectivity index (χ2n) is 6.42. The maximum Gasteiger partial charge on any atom is 0.189 e. The summed E-state index contributed by atoms with van der Waals surface area (Å²) < 4.78 is 11.4. The maximum absolute atomic E-state index is 6.11. The molecule has 138 valence electrons. The second kappa shape index (κ2) is 9.13. The Balaban J connectivity index is 1.58. The largest absolute Gasteiger partial charge is 0.494 e. The van der Waals surface area contributed by atoms with E-state index in [4.69, 9.17) is 15.2 Å². The number of rotatable bonds is 7. The highest BCUT2D eigenvalue weighted by molar-refractivity contribution is 5.78. The summed E-state index contributed by atoms with van der Waals surface area (Å²) in [6.45, 7) is 4.10. The Bertz CT molecular complexity index is 746. The molecular formula is C21H27N3O2. The van der Waals surface area contributed by atoms with Crippen LogP contribution in [0.2, 0.25) is 0 Å². The molecule has 0 saturated carbocycles. The second-order valence-corrected chi connectivity index (χ2v) is 6.42. The number of nitrogens with zero attached hydrogens (tertiary/aromatic N) is 1. The summed E-state index contributed by atoms with van der Waals surface area (Å²) in [6, 6.07) is 16.2. The number of para-hydroxylation sites is 1. The third-order valence-corrected chi connectivity index (χ3v) is 4.38. The first kappa shape index (κ1) is 18.1. The lowest BCUT2D eigenvalue weighted by atomic mass is 10.0.